The van der Waals surface area contributed by atoms with E-state index in [1.807, 2.05) is 0 Å². The molecule has 0 atom stereocenters. The molecule has 1 aromatic heterocycles. The molecule has 202 valence electrons. The topological polar surface area (TPSA) is 156 Å². The summed E-state index contributed by atoms with van der Waals surface area (Å²) in [6, 6.07) is 12.5. The largest absolute Gasteiger partial charge is 0.741 e. The summed E-state index contributed by atoms with van der Waals surface area (Å²) in [4.78, 5) is 37.0. The molecule has 1 aliphatic rings. The zero-order valence-electron chi connectivity index (χ0n) is 19.8. The summed E-state index contributed by atoms with van der Waals surface area (Å²) in [5.41, 5.74) is -4.02. The standard InChI is InChI=1S/C22H21N4O4.CHF3O3S/c1-2-3-4-7-14-24-19-20(22(28)18-9-6-5-8-17(18)21(19)27)25(23-24)15-10-12-16(13-11-15)26(29)30;2-1(3,4)8(5,6)7/h5-6,8-13H,2-4,7,14H2,1H3;(H,5,6,7)/q+1;/p-1. The van der Waals surface area contributed by atoms with Gasteiger partial charge in [-0.3, -0.25) is 19.7 Å². The first-order chi connectivity index (χ1) is 17.8. The summed E-state index contributed by atoms with van der Waals surface area (Å²) < 4.78 is 61.9. The molecule has 0 aliphatic heterocycles. The minimum Gasteiger partial charge on any atom is -0.741 e. The van der Waals surface area contributed by atoms with Gasteiger partial charge in [-0.2, -0.15) is 13.2 Å². The number of rotatable bonds is 7. The number of nitro benzene ring substituents is 1. The highest BCUT2D eigenvalue weighted by Gasteiger charge is 2.43. The molecule has 0 radical (unpaired) electrons. The van der Waals surface area contributed by atoms with Gasteiger partial charge in [0, 0.05) is 23.3 Å². The van der Waals surface area contributed by atoms with Gasteiger partial charge in [-0.25, -0.2) is 8.42 Å². The number of aromatic nitrogens is 3. The minimum atomic E-state index is -6.09. The molecular weight excluding hydrogens is 533 g/mol. The van der Waals surface area contributed by atoms with Crippen LogP contribution in [0.1, 0.15) is 64.7 Å². The number of hydrogen-bond acceptors (Lipinski definition) is 8. The second kappa shape index (κ2) is 11.2. The normalized spacial score (nSPS) is 12.9. The molecule has 0 amide bonds. The van der Waals surface area contributed by atoms with Crippen LogP contribution in [0.5, 0.6) is 0 Å². The number of halogens is 3. The minimum absolute atomic E-state index is 0.0556. The maximum atomic E-state index is 13.3. The Morgan fingerprint density at radius 1 is 0.974 bits per heavy atom. The van der Waals surface area contributed by atoms with E-state index >= 15 is 0 Å². The second-order valence-electron chi connectivity index (χ2n) is 8.16. The molecule has 11 nitrogen and oxygen atoms in total. The average Bonchev–Trinajstić information content (AvgIpc) is 3.24. The van der Waals surface area contributed by atoms with Crippen molar-refractivity contribution in [1.29, 1.82) is 0 Å². The van der Waals surface area contributed by atoms with Crippen LogP contribution in [0.4, 0.5) is 18.9 Å². The summed E-state index contributed by atoms with van der Waals surface area (Å²) in [7, 11) is -6.09. The Hall–Kier alpha value is -3.98. The van der Waals surface area contributed by atoms with Crippen LogP contribution in [-0.4, -0.2) is 44.9 Å². The van der Waals surface area contributed by atoms with E-state index in [0.29, 0.717) is 23.4 Å². The molecule has 2 aromatic carbocycles. The van der Waals surface area contributed by atoms with Crippen LogP contribution in [0.15, 0.2) is 48.5 Å². The van der Waals surface area contributed by atoms with Crippen molar-refractivity contribution in [2.24, 2.45) is 0 Å². The van der Waals surface area contributed by atoms with Gasteiger partial charge in [0.1, 0.15) is 6.54 Å². The fourth-order valence-electron chi connectivity index (χ4n) is 3.72. The van der Waals surface area contributed by atoms with Crippen LogP contribution < -0.4 is 4.68 Å². The first kappa shape index (κ1) is 28.6. The molecule has 38 heavy (non-hydrogen) atoms. The lowest BCUT2D eigenvalue weighted by atomic mass is 9.90. The summed E-state index contributed by atoms with van der Waals surface area (Å²) in [6.07, 6.45) is 4.01. The quantitative estimate of drug-likeness (QED) is 0.0839. The predicted octanol–water partition coefficient (Wildman–Crippen LogP) is 3.48. The van der Waals surface area contributed by atoms with E-state index in [1.165, 1.54) is 28.9 Å². The lowest BCUT2D eigenvalue weighted by Crippen LogP contribution is -2.43. The Balaban J connectivity index is 0.000000436. The van der Waals surface area contributed by atoms with Crippen molar-refractivity contribution < 1.29 is 45.3 Å². The predicted molar refractivity (Wildman–Crippen MR) is 124 cm³/mol. The maximum Gasteiger partial charge on any atom is 0.485 e. The van der Waals surface area contributed by atoms with Crippen LogP contribution in [0.3, 0.4) is 0 Å². The zero-order valence-corrected chi connectivity index (χ0v) is 20.7. The Labute approximate surface area is 214 Å². The van der Waals surface area contributed by atoms with E-state index in [0.717, 1.165) is 25.7 Å². The lowest BCUT2D eigenvalue weighted by Gasteiger charge is -2.11. The number of nitrogens with zero attached hydrogens (tertiary/aromatic N) is 4. The molecule has 0 fully saturated rings. The number of aryl methyl sites for hydroxylation is 1. The third-order valence-electron chi connectivity index (χ3n) is 5.55. The fraction of sp³-hybridized carbons (Fsp3) is 0.304. The van der Waals surface area contributed by atoms with Crippen molar-refractivity contribution in [3.05, 3.63) is 81.2 Å². The Morgan fingerprint density at radius 2 is 1.53 bits per heavy atom. The van der Waals surface area contributed by atoms with E-state index in [9.17, 15) is 32.9 Å². The SMILES string of the molecule is CCCCCC[n+]1nn(-c2ccc([N+](=O)[O-])cc2)c2c1C(=O)c1ccccc1C2=O.O=S(=O)([O-])C(F)(F)F. The summed E-state index contributed by atoms with van der Waals surface area (Å²) in [6.45, 7) is 2.64. The van der Waals surface area contributed by atoms with E-state index in [4.69, 9.17) is 13.0 Å². The van der Waals surface area contributed by atoms with Gasteiger partial charge in [-0.15, -0.1) is 4.68 Å². The van der Waals surface area contributed by atoms with Crippen molar-refractivity contribution in [2.75, 3.05) is 0 Å². The molecule has 0 unspecified atom stereocenters. The first-order valence-electron chi connectivity index (χ1n) is 11.3. The number of unbranched alkanes of at least 4 members (excludes halogenated alkanes) is 3. The van der Waals surface area contributed by atoms with Crippen LogP contribution >= 0.6 is 0 Å². The van der Waals surface area contributed by atoms with Gasteiger partial charge >= 0.3 is 5.51 Å². The number of carbonyl (C=O) groups is 2. The van der Waals surface area contributed by atoms with Crippen LogP contribution in [0, 0.1) is 10.1 Å². The third kappa shape index (κ3) is 5.94. The number of fused-ring (bicyclic) bond motifs is 2. The number of hydrogen-bond donors (Lipinski definition) is 0. The van der Waals surface area contributed by atoms with Gasteiger partial charge in [-0.05, 0) is 25.0 Å². The monoisotopic (exact) mass is 554 g/mol. The number of benzene rings is 2. The zero-order chi connectivity index (χ0) is 28.3. The van der Waals surface area contributed by atoms with Gasteiger partial charge in [0.15, 0.2) is 15.8 Å². The lowest BCUT2D eigenvalue weighted by molar-refractivity contribution is -0.756. The molecule has 4 rings (SSSR count). The van der Waals surface area contributed by atoms with Gasteiger partial charge in [-0.1, -0.05) is 48.7 Å². The Morgan fingerprint density at radius 3 is 2.03 bits per heavy atom. The molecule has 0 bridgehead atoms. The van der Waals surface area contributed by atoms with Crippen molar-refractivity contribution in [3.8, 4) is 5.69 Å². The molecule has 1 heterocycles. The molecule has 0 spiro atoms. The van der Waals surface area contributed by atoms with Crippen LogP contribution in [0.25, 0.3) is 5.69 Å². The van der Waals surface area contributed by atoms with E-state index in [-0.39, 0.29) is 28.6 Å². The van der Waals surface area contributed by atoms with Gasteiger partial charge in [0.2, 0.25) is 17.3 Å². The fourth-order valence-corrected chi connectivity index (χ4v) is 3.72. The highest BCUT2D eigenvalue weighted by molar-refractivity contribution is 7.86. The van der Waals surface area contributed by atoms with E-state index in [1.54, 1.807) is 28.9 Å². The molecular formula is C23H21F3N4O7S. The number of ketones is 2. The third-order valence-corrected chi connectivity index (χ3v) is 6.12. The number of nitro groups is 1. The van der Waals surface area contributed by atoms with E-state index in [2.05, 4.69) is 12.1 Å². The van der Waals surface area contributed by atoms with Crippen LogP contribution in [-0.2, 0) is 16.7 Å². The molecule has 15 heteroatoms. The number of alkyl halides is 3. The van der Waals surface area contributed by atoms with Gasteiger partial charge in [0.25, 0.3) is 11.4 Å². The van der Waals surface area contributed by atoms with Gasteiger partial charge < -0.3 is 4.55 Å². The van der Waals surface area contributed by atoms with Gasteiger partial charge in [0.05, 0.1) is 10.1 Å². The Kier molecular flexibility index (Phi) is 8.41. The highest BCUT2D eigenvalue weighted by atomic mass is 32.2. The molecule has 0 saturated carbocycles. The van der Waals surface area contributed by atoms with Crippen molar-refractivity contribution in [1.82, 2.24) is 9.90 Å². The Bertz CT molecular complexity index is 1480. The first-order valence-corrected chi connectivity index (χ1v) is 12.7. The second-order valence-corrected chi connectivity index (χ2v) is 9.53. The molecule has 0 N–H and O–H groups in total. The van der Waals surface area contributed by atoms with E-state index < -0.39 is 20.5 Å². The molecule has 0 saturated heterocycles. The summed E-state index contributed by atoms with van der Waals surface area (Å²) in [5.74, 6) is -0.512. The number of carbonyl (C=O) groups excluding carboxylic acids is 2. The number of non-ortho nitro benzene ring substituents is 1. The molecule has 3 aromatic rings. The van der Waals surface area contributed by atoms with Crippen molar-refractivity contribution in [3.63, 3.8) is 0 Å². The molecule has 1 aliphatic carbocycles. The summed E-state index contributed by atoms with van der Waals surface area (Å²) in [5, 5.41) is 15.5. The maximum absolute atomic E-state index is 13.3. The van der Waals surface area contributed by atoms with Crippen molar-refractivity contribution >= 4 is 27.4 Å². The smallest absolute Gasteiger partial charge is 0.485 e. The average molecular weight is 555 g/mol. The van der Waals surface area contributed by atoms with Crippen LogP contribution in [0.2, 0.25) is 0 Å². The van der Waals surface area contributed by atoms with Crippen molar-refractivity contribution in [2.45, 2.75) is 44.7 Å². The summed E-state index contributed by atoms with van der Waals surface area (Å²) >= 11 is 0. The highest BCUT2D eigenvalue weighted by Crippen LogP contribution is 2.27.